The maximum absolute atomic E-state index is 12.7. The van der Waals surface area contributed by atoms with Crippen LogP contribution in [0.2, 0.25) is 0 Å². The summed E-state index contributed by atoms with van der Waals surface area (Å²) in [5.41, 5.74) is 0.885. The highest BCUT2D eigenvalue weighted by atomic mass is 32.2. The van der Waals surface area contributed by atoms with Gasteiger partial charge >= 0.3 is 0 Å². The van der Waals surface area contributed by atoms with Crippen molar-refractivity contribution in [3.63, 3.8) is 0 Å². The summed E-state index contributed by atoms with van der Waals surface area (Å²) < 4.78 is 11.7. The van der Waals surface area contributed by atoms with E-state index in [1.807, 2.05) is 48.5 Å². The quantitative estimate of drug-likeness (QED) is 0.448. The molecule has 31 heavy (non-hydrogen) atoms. The Morgan fingerprint density at radius 3 is 2.74 bits per heavy atom. The fraction of sp³-hybridized carbons (Fsp3) is 0.348. The van der Waals surface area contributed by atoms with Crippen LogP contribution in [0, 0.1) is 0 Å². The van der Waals surface area contributed by atoms with Gasteiger partial charge in [-0.1, -0.05) is 36.0 Å². The molecule has 8 heteroatoms. The number of carbonyl (C=O) groups is 1. The summed E-state index contributed by atoms with van der Waals surface area (Å²) in [6.07, 6.45) is 2.14. The lowest BCUT2D eigenvalue weighted by atomic mass is 10.2. The topological polar surface area (TPSA) is 76.6 Å². The van der Waals surface area contributed by atoms with Gasteiger partial charge in [-0.3, -0.25) is 4.79 Å². The highest BCUT2D eigenvalue weighted by Gasteiger charge is 2.25. The van der Waals surface area contributed by atoms with E-state index in [4.69, 9.17) is 9.47 Å². The minimum absolute atomic E-state index is 0.000851. The predicted octanol–water partition coefficient (Wildman–Crippen LogP) is 3.59. The first-order chi connectivity index (χ1) is 15.2. The van der Waals surface area contributed by atoms with Crippen molar-refractivity contribution in [2.45, 2.75) is 30.1 Å². The molecule has 1 fully saturated rings. The number of fused-ring (bicyclic) bond motifs is 2. The number of anilines is 1. The molecule has 2 heterocycles. The molecule has 1 aromatic heterocycles. The molecule has 3 aromatic rings. The number of nitrogens with zero attached hydrogens (tertiary/aromatic N) is 3. The molecule has 0 saturated heterocycles. The van der Waals surface area contributed by atoms with E-state index in [0.717, 1.165) is 22.5 Å². The third-order valence-corrected chi connectivity index (χ3v) is 6.13. The number of nitrogens with one attached hydrogen (secondary N) is 1. The van der Waals surface area contributed by atoms with Gasteiger partial charge in [0.1, 0.15) is 12.4 Å². The van der Waals surface area contributed by atoms with Crippen molar-refractivity contribution in [3.8, 4) is 11.5 Å². The largest absolute Gasteiger partial charge is 0.486 e. The van der Waals surface area contributed by atoms with Gasteiger partial charge < -0.3 is 19.7 Å². The van der Waals surface area contributed by atoms with Gasteiger partial charge in [0.2, 0.25) is 5.91 Å². The number of amides is 1. The molecule has 2 aliphatic rings. The van der Waals surface area contributed by atoms with Crippen molar-refractivity contribution in [3.05, 3.63) is 48.5 Å². The summed E-state index contributed by atoms with van der Waals surface area (Å²) in [6.45, 7) is 0.881. The molecule has 1 aliphatic heterocycles. The number of rotatable bonds is 7. The summed E-state index contributed by atoms with van der Waals surface area (Å²) in [4.78, 5) is 23.7. The van der Waals surface area contributed by atoms with Crippen LogP contribution in [0.15, 0.2) is 53.7 Å². The Morgan fingerprint density at radius 1 is 1.13 bits per heavy atom. The minimum Gasteiger partial charge on any atom is -0.486 e. The molecule has 0 radical (unpaired) electrons. The van der Waals surface area contributed by atoms with Gasteiger partial charge in [-0.25, -0.2) is 9.97 Å². The van der Waals surface area contributed by atoms with Crippen LogP contribution in [-0.4, -0.2) is 58.9 Å². The number of carbonyl (C=O) groups excluding carboxylic acids is 1. The van der Waals surface area contributed by atoms with Gasteiger partial charge in [0.15, 0.2) is 22.8 Å². The number of hydrogen-bond donors (Lipinski definition) is 1. The molecular formula is C23H24N4O3S. The van der Waals surface area contributed by atoms with Crippen molar-refractivity contribution in [1.82, 2.24) is 14.9 Å². The third-order valence-electron chi connectivity index (χ3n) is 5.30. The second-order valence-corrected chi connectivity index (χ2v) is 8.79. The molecule has 1 amide bonds. The second kappa shape index (κ2) is 8.63. The molecule has 0 spiro atoms. The van der Waals surface area contributed by atoms with E-state index < -0.39 is 0 Å². The van der Waals surface area contributed by atoms with Crippen LogP contribution in [0.5, 0.6) is 11.5 Å². The summed E-state index contributed by atoms with van der Waals surface area (Å²) >= 11 is 1.36. The van der Waals surface area contributed by atoms with E-state index in [2.05, 4.69) is 15.3 Å². The Bertz CT molecular complexity index is 1110. The average molecular weight is 437 g/mol. The van der Waals surface area contributed by atoms with Crippen LogP contribution in [-0.2, 0) is 4.79 Å². The Balaban J connectivity index is 1.20. The van der Waals surface area contributed by atoms with E-state index in [-0.39, 0.29) is 17.8 Å². The van der Waals surface area contributed by atoms with Gasteiger partial charge in [-0.15, -0.1) is 0 Å². The molecule has 1 atom stereocenters. The maximum Gasteiger partial charge on any atom is 0.232 e. The molecule has 7 nitrogen and oxygen atoms in total. The van der Waals surface area contributed by atoms with Crippen LogP contribution < -0.4 is 14.8 Å². The second-order valence-electron chi connectivity index (χ2n) is 7.85. The Morgan fingerprint density at radius 2 is 1.90 bits per heavy atom. The fourth-order valence-corrected chi connectivity index (χ4v) is 4.24. The lowest BCUT2D eigenvalue weighted by Crippen LogP contribution is -2.42. The number of para-hydroxylation sites is 3. The molecule has 1 saturated carbocycles. The van der Waals surface area contributed by atoms with E-state index in [0.29, 0.717) is 30.1 Å². The lowest BCUT2D eigenvalue weighted by Gasteiger charge is -2.29. The molecule has 0 bridgehead atoms. The van der Waals surface area contributed by atoms with Crippen molar-refractivity contribution in [1.29, 1.82) is 0 Å². The predicted molar refractivity (Wildman–Crippen MR) is 121 cm³/mol. The summed E-state index contributed by atoms with van der Waals surface area (Å²) in [5.74, 6) is 2.58. The molecule has 1 unspecified atom stereocenters. The van der Waals surface area contributed by atoms with Crippen molar-refractivity contribution in [2.75, 3.05) is 31.3 Å². The number of benzene rings is 2. The first-order valence-electron chi connectivity index (χ1n) is 10.4. The number of thioether (sulfide) groups is 1. The SMILES string of the molecule is CN(CC1COc2ccccc2O1)C(=O)CSc1nc(NC2CC2)c2ccccc2n1. The van der Waals surface area contributed by atoms with Gasteiger partial charge in [-0.05, 0) is 37.1 Å². The fourth-order valence-electron chi connectivity index (χ4n) is 3.45. The van der Waals surface area contributed by atoms with E-state index in [1.54, 1.807) is 11.9 Å². The highest BCUT2D eigenvalue weighted by Crippen LogP contribution is 2.31. The number of hydrogen-bond acceptors (Lipinski definition) is 7. The van der Waals surface area contributed by atoms with Crippen molar-refractivity contribution in [2.24, 2.45) is 0 Å². The first kappa shape index (κ1) is 19.9. The van der Waals surface area contributed by atoms with Gasteiger partial charge in [-0.2, -0.15) is 0 Å². The van der Waals surface area contributed by atoms with Gasteiger partial charge in [0.25, 0.3) is 0 Å². The average Bonchev–Trinajstić information content (AvgIpc) is 3.61. The first-order valence-corrected chi connectivity index (χ1v) is 11.4. The van der Waals surface area contributed by atoms with E-state index >= 15 is 0 Å². The van der Waals surface area contributed by atoms with Crippen LogP contribution >= 0.6 is 11.8 Å². The zero-order valence-electron chi connectivity index (χ0n) is 17.3. The molecule has 5 rings (SSSR count). The summed E-state index contributed by atoms with van der Waals surface area (Å²) in [6, 6.07) is 16.0. The zero-order chi connectivity index (χ0) is 21.2. The smallest absolute Gasteiger partial charge is 0.232 e. The highest BCUT2D eigenvalue weighted by molar-refractivity contribution is 7.99. The number of likely N-dealkylation sites (N-methyl/N-ethyl adjacent to an activating group) is 1. The number of aromatic nitrogens is 2. The lowest BCUT2D eigenvalue weighted by molar-refractivity contribution is -0.128. The van der Waals surface area contributed by atoms with Crippen LogP contribution in [0.1, 0.15) is 12.8 Å². The Hall–Kier alpha value is -3.00. The Labute approximate surface area is 185 Å². The summed E-state index contributed by atoms with van der Waals surface area (Å²) in [5, 5.41) is 5.10. The summed E-state index contributed by atoms with van der Waals surface area (Å²) in [7, 11) is 1.79. The van der Waals surface area contributed by atoms with Gasteiger partial charge in [0, 0.05) is 18.5 Å². The monoisotopic (exact) mass is 436 g/mol. The molecular weight excluding hydrogens is 412 g/mol. The molecule has 1 N–H and O–H groups in total. The standard InChI is InChI=1S/C23H24N4O3S/c1-27(12-16-13-29-19-8-4-5-9-20(19)30-16)21(28)14-31-23-25-18-7-3-2-6-17(18)22(26-23)24-15-10-11-15/h2-9,15-16H,10-14H2,1H3,(H,24,25,26). The van der Waals surface area contributed by atoms with Crippen molar-refractivity contribution < 1.29 is 14.3 Å². The zero-order valence-corrected chi connectivity index (χ0v) is 18.1. The number of ether oxygens (including phenoxy) is 2. The van der Waals surface area contributed by atoms with Gasteiger partial charge in [0.05, 0.1) is 17.8 Å². The molecule has 2 aromatic carbocycles. The molecule has 160 valence electrons. The maximum atomic E-state index is 12.7. The van der Waals surface area contributed by atoms with Crippen LogP contribution in [0.25, 0.3) is 10.9 Å². The molecule has 1 aliphatic carbocycles. The van der Waals surface area contributed by atoms with Crippen LogP contribution in [0.3, 0.4) is 0 Å². The third kappa shape index (κ3) is 4.69. The van der Waals surface area contributed by atoms with Crippen LogP contribution in [0.4, 0.5) is 5.82 Å². The van der Waals surface area contributed by atoms with Crippen molar-refractivity contribution >= 4 is 34.4 Å². The minimum atomic E-state index is -0.194. The van der Waals surface area contributed by atoms with E-state index in [1.165, 1.54) is 24.6 Å². The normalized spacial score (nSPS) is 17.4. The van der Waals surface area contributed by atoms with E-state index in [9.17, 15) is 4.79 Å². The Kier molecular flexibility index (Phi) is 5.55.